The molecule has 0 atom stereocenters. The number of nitrogens with zero attached hydrogens (tertiary/aromatic N) is 2. The minimum Gasteiger partial charge on any atom is -0.478 e. The molecule has 4 aromatic rings. The summed E-state index contributed by atoms with van der Waals surface area (Å²) >= 11 is 5.99. The van der Waals surface area contributed by atoms with Gasteiger partial charge in [-0.05, 0) is 30.3 Å². The van der Waals surface area contributed by atoms with Crippen LogP contribution in [0.3, 0.4) is 0 Å². The summed E-state index contributed by atoms with van der Waals surface area (Å²) in [5.74, 6) is -2.36. The minimum absolute atomic E-state index is 0.0600. The van der Waals surface area contributed by atoms with Crippen molar-refractivity contribution in [2.75, 3.05) is 0 Å². The predicted molar refractivity (Wildman–Crippen MR) is 114 cm³/mol. The quantitative estimate of drug-likeness (QED) is 0.392. The molecule has 0 amide bonds. The van der Waals surface area contributed by atoms with Crippen molar-refractivity contribution >= 4 is 40.7 Å². The van der Waals surface area contributed by atoms with Crippen molar-refractivity contribution in [3.63, 3.8) is 0 Å². The van der Waals surface area contributed by atoms with Gasteiger partial charge in [-0.2, -0.15) is 23.0 Å². The van der Waals surface area contributed by atoms with Gasteiger partial charge in [-0.3, -0.25) is 9.59 Å². The molecule has 6 nitrogen and oxygen atoms in total. The number of alkyl halides is 3. The van der Waals surface area contributed by atoms with Crippen LogP contribution in [0, 0.1) is 0 Å². The van der Waals surface area contributed by atoms with Crippen molar-refractivity contribution in [1.29, 1.82) is 0 Å². The van der Waals surface area contributed by atoms with Gasteiger partial charge in [0.2, 0.25) is 0 Å². The molecule has 10 heteroatoms. The first-order chi connectivity index (χ1) is 15.6. The Balaban J connectivity index is 2.03. The average Bonchev–Trinajstić information content (AvgIpc) is 3.18. The van der Waals surface area contributed by atoms with Gasteiger partial charge in [0.05, 0.1) is 27.2 Å². The number of carboxylic acids is 1. The fourth-order valence-electron chi connectivity index (χ4n) is 3.53. The number of carboxylic acid groups (broad SMARTS) is 1. The molecular weight excluding hydrogens is 461 g/mol. The molecule has 0 saturated carbocycles. The molecule has 0 saturated heterocycles. The molecule has 0 radical (unpaired) electrons. The molecule has 1 aromatic heterocycles. The number of aromatic carboxylic acids is 1. The van der Waals surface area contributed by atoms with Crippen molar-refractivity contribution in [3.8, 4) is 11.3 Å². The van der Waals surface area contributed by atoms with Crippen molar-refractivity contribution in [2.45, 2.75) is 6.18 Å². The van der Waals surface area contributed by atoms with Gasteiger partial charge < -0.3 is 5.11 Å². The molecular formula is C23H12ClF3N2O4. The number of hydrogen-bond acceptors (Lipinski definition) is 4. The van der Waals surface area contributed by atoms with Crippen LogP contribution in [0.25, 0.3) is 22.2 Å². The molecule has 3 aromatic carbocycles. The molecule has 0 unspecified atom stereocenters. The Labute approximate surface area is 188 Å². The number of carbonyl (C=O) groups excluding carboxylic acids is 2. The Hall–Kier alpha value is -3.98. The van der Waals surface area contributed by atoms with E-state index in [9.17, 15) is 32.7 Å². The zero-order valence-electron chi connectivity index (χ0n) is 16.4. The lowest BCUT2D eigenvalue weighted by molar-refractivity contribution is -0.137. The van der Waals surface area contributed by atoms with E-state index in [1.807, 2.05) is 0 Å². The third kappa shape index (κ3) is 3.87. The second kappa shape index (κ2) is 8.18. The zero-order valence-corrected chi connectivity index (χ0v) is 17.2. The van der Waals surface area contributed by atoms with Crippen LogP contribution in [-0.2, 0) is 6.18 Å². The van der Waals surface area contributed by atoms with Crippen LogP contribution < -0.4 is 0 Å². The molecule has 0 bridgehead atoms. The zero-order chi connectivity index (χ0) is 23.9. The van der Waals surface area contributed by atoms with Crippen molar-refractivity contribution < 1.29 is 32.7 Å². The summed E-state index contributed by atoms with van der Waals surface area (Å²) in [6, 6.07) is 12.9. The first-order valence-electron chi connectivity index (χ1n) is 9.34. The van der Waals surface area contributed by atoms with Crippen LogP contribution in [0.4, 0.5) is 13.2 Å². The van der Waals surface area contributed by atoms with E-state index in [4.69, 9.17) is 11.6 Å². The van der Waals surface area contributed by atoms with Gasteiger partial charge in [0, 0.05) is 16.5 Å². The van der Waals surface area contributed by atoms with E-state index in [0.29, 0.717) is 6.29 Å². The largest absolute Gasteiger partial charge is 0.478 e. The maximum absolute atomic E-state index is 13.6. The number of aromatic nitrogens is 2. The SMILES string of the molecule is O=Cc1cccc2c1c(-c1cccc(C(=O)O)c1)nn2C(=O)c1c(Cl)cccc1C(F)(F)F. The first-order valence-corrected chi connectivity index (χ1v) is 9.72. The van der Waals surface area contributed by atoms with E-state index < -0.39 is 34.2 Å². The Morgan fingerprint density at radius 2 is 1.73 bits per heavy atom. The topological polar surface area (TPSA) is 89.3 Å². The molecule has 0 aliphatic rings. The highest BCUT2D eigenvalue weighted by Crippen LogP contribution is 2.37. The lowest BCUT2D eigenvalue weighted by Crippen LogP contribution is -2.20. The first kappa shape index (κ1) is 22.2. The molecule has 4 rings (SSSR count). The Morgan fingerprint density at radius 3 is 2.39 bits per heavy atom. The van der Waals surface area contributed by atoms with E-state index in [-0.39, 0.29) is 33.3 Å². The Kier molecular flexibility index (Phi) is 5.51. The van der Waals surface area contributed by atoms with Gasteiger partial charge >= 0.3 is 12.1 Å². The van der Waals surface area contributed by atoms with Crippen LogP contribution in [0.5, 0.6) is 0 Å². The van der Waals surface area contributed by atoms with E-state index in [1.165, 1.54) is 42.5 Å². The second-order valence-electron chi connectivity index (χ2n) is 6.97. The van der Waals surface area contributed by atoms with Gasteiger partial charge in [0.1, 0.15) is 5.69 Å². The van der Waals surface area contributed by atoms with Crippen molar-refractivity contribution in [3.05, 3.63) is 87.9 Å². The monoisotopic (exact) mass is 472 g/mol. The normalized spacial score (nSPS) is 11.5. The van der Waals surface area contributed by atoms with Gasteiger partial charge in [0.15, 0.2) is 6.29 Å². The molecule has 0 aliphatic carbocycles. The molecule has 0 fully saturated rings. The fourth-order valence-corrected chi connectivity index (χ4v) is 3.79. The maximum atomic E-state index is 13.6. The van der Waals surface area contributed by atoms with Crippen molar-refractivity contribution in [1.82, 2.24) is 9.78 Å². The van der Waals surface area contributed by atoms with Gasteiger partial charge in [-0.1, -0.05) is 41.9 Å². The maximum Gasteiger partial charge on any atom is 0.417 e. The number of halogens is 4. The van der Waals surface area contributed by atoms with Gasteiger partial charge in [-0.15, -0.1) is 0 Å². The van der Waals surface area contributed by atoms with Gasteiger partial charge in [0.25, 0.3) is 5.91 Å². The smallest absolute Gasteiger partial charge is 0.417 e. The highest BCUT2D eigenvalue weighted by atomic mass is 35.5. The number of rotatable bonds is 4. The van der Waals surface area contributed by atoms with Crippen LogP contribution >= 0.6 is 11.6 Å². The number of benzene rings is 3. The summed E-state index contributed by atoms with van der Waals surface area (Å²) in [4.78, 5) is 36.4. The lowest BCUT2D eigenvalue weighted by atomic mass is 10.0. The summed E-state index contributed by atoms with van der Waals surface area (Å²) in [6.07, 6.45) is -4.34. The summed E-state index contributed by atoms with van der Waals surface area (Å²) in [5.41, 5.74) is -1.59. The predicted octanol–water partition coefficient (Wildman–Crippen LogP) is 5.57. The molecule has 33 heavy (non-hydrogen) atoms. The number of hydrogen-bond donors (Lipinski definition) is 1. The fraction of sp³-hybridized carbons (Fsp3) is 0.0435. The average molecular weight is 473 g/mol. The summed E-state index contributed by atoms with van der Waals surface area (Å²) in [5, 5.41) is 13.3. The van der Waals surface area contributed by atoms with Crippen molar-refractivity contribution in [2.24, 2.45) is 0 Å². The van der Waals surface area contributed by atoms with Crippen LogP contribution in [0.1, 0.15) is 36.6 Å². The van der Waals surface area contributed by atoms with Gasteiger partial charge in [-0.25, -0.2) is 4.79 Å². The molecule has 0 spiro atoms. The third-order valence-corrected chi connectivity index (χ3v) is 5.29. The summed E-state index contributed by atoms with van der Waals surface area (Å²) in [7, 11) is 0. The molecule has 1 heterocycles. The Bertz CT molecular complexity index is 1440. The molecule has 1 N–H and O–H groups in total. The highest BCUT2D eigenvalue weighted by molar-refractivity contribution is 6.34. The molecule has 0 aliphatic heterocycles. The third-order valence-electron chi connectivity index (χ3n) is 4.97. The second-order valence-corrected chi connectivity index (χ2v) is 7.38. The molecule has 166 valence electrons. The number of fused-ring (bicyclic) bond motifs is 1. The lowest BCUT2D eigenvalue weighted by Gasteiger charge is -2.13. The van der Waals surface area contributed by atoms with E-state index in [0.717, 1.165) is 22.9 Å². The van der Waals surface area contributed by atoms with E-state index >= 15 is 0 Å². The van der Waals surface area contributed by atoms with Crippen LogP contribution in [0.15, 0.2) is 60.7 Å². The van der Waals surface area contributed by atoms with Crippen LogP contribution in [0.2, 0.25) is 5.02 Å². The van der Waals surface area contributed by atoms with E-state index in [1.54, 1.807) is 0 Å². The Morgan fingerprint density at radius 1 is 1.03 bits per heavy atom. The highest BCUT2D eigenvalue weighted by Gasteiger charge is 2.37. The number of carbonyl (C=O) groups is 3. The summed E-state index contributed by atoms with van der Waals surface area (Å²) in [6.45, 7) is 0. The number of aldehydes is 1. The standard InChI is InChI=1S/C23H12ClF3N2O4/c24-16-8-3-7-15(23(25,26)27)19(16)21(31)29-17-9-2-6-14(11-30)18(17)20(28-29)12-4-1-5-13(10-12)22(32)33/h1-11H,(H,32,33). The van der Waals surface area contributed by atoms with E-state index in [2.05, 4.69) is 5.10 Å². The minimum atomic E-state index is -4.86. The summed E-state index contributed by atoms with van der Waals surface area (Å²) < 4.78 is 41.5. The van der Waals surface area contributed by atoms with Crippen LogP contribution in [-0.4, -0.2) is 33.0 Å².